The second-order valence-corrected chi connectivity index (χ2v) is 5.34. The first kappa shape index (κ1) is 16.1. The van der Waals surface area contributed by atoms with Crippen LogP contribution in [-0.2, 0) is 6.18 Å². The van der Waals surface area contributed by atoms with Crippen LogP contribution in [0.2, 0.25) is 0 Å². The van der Waals surface area contributed by atoms with E-state index < -0.39 is 11.7 Å². The summed E-state index contributed by atoms with van der Waals surface area (Å²) in [6.07, 6.45) is -4.39. The van der Waals surface area contributed by atoms with Gasteiger partial charge in [0.1, 0.15) is 11.4 Å². The van der Waals surface area contributed by atoms with Crippen molar-refractivity contribution in [2.45, 2.75) is 13.1 Å². The fraction of sp³-hybridized carbons (Fsp3) is 0.167. The van der Waals surface area contributed by atoms with Gasteiger partial charge in [0, 0.05) is 17.2 Å². The standard InChI is InChI=1S/C18H14F3NO2/c1-11-8-13(6-7-16(11)23-2)17-10-15(22-24-17)12-4-3-5-14(9-12)18(19,20)21/h3-10H,1-2H3. The van der Waals surface area contributed by atoms with E-state index in [4.69, 9.17) is 9.26 Å². The van der Waals surface area contributed by atoms with Gasteiger partial charge >= 0.3 is 6.18 Å². The van der Waals surface area contributed by atoms with Gasteiger partial charge in [-0.25, -0.2) is 0 Å². The zero-order chi connectivity index (χ0) is 17.3. The van der Waals surface area contributed by atoms with Gasteiger partial charge < -0.3 is 9.26 Å². The normalized spacial score (nSPS) is 11.5. The number of hydrogen-bond donors (Lipinski definition) is 0. The minimum Gasteiger partial charge on any atom is -0.496 e. The molecule has 0 fully saturated rings. The van der Waals surface area contributed by atoms with Crippen molar-refractivity contribution in [3.63, 3.8) is 0 Å². The zero-order valence-electron chi connectivity index (χ0n) is 13.0. The van der Waals surface area contributed by atoms with Crippen LogP contribution in [0.25, 0.3) is 22.6 Å². The first-order valence-electron chi connectivity index (χ1n) is 7.18. The molecule has 0 aliphatic rings. The monoisotopic (exact) mass is 333 g/mol. The Morgan fingerprint density at radius 3 is 2.46 bits per heavy atom. The van der Waals surface area contributed by atoms with Crippen molar-refractivity contribution in [3.05, 3.63) is 59.7 Å². The Hall–Kier alpha value is -2.76. The van der Waals surface area contributed by atoms with E-state index in [9.17, 15) is 13.2 Å². The molecule has 0 saturated carbocycles. The number of benzene rings is 2. The molecule has 0 aliphatic carbocycles. The van der Waals surface area contributed by atoms with Crippen molar-refractivity contribution in [3.8, 4) is 28.3 Å². The SMILES string of the molecule is COc1ccc(-c2cc(-c3cccc(C(F)(F)F)c3)no2)cc1C. The summed E-state index contributed by atoms with van der Waals surface area (Å²) in [5.74, 6) is 1.23. The van der Waals surface area contributed by atoms with Crippen molar-refractivity contribution in [2.24, 2.45) is 0 Å². The molecule has 0 bridgehead atoms. The number of rotatable bonds is 3. The third kappa shape index (κ3) is 3.13. The van der Waals surface area contributed by atoms with Gasteiger partial charge in [0.25, 0.3) is 0 Å². The molecule has 1 heterocycles. The highest BCUT2D eigenvalue weighted by Gasteiger charge is 2.30. The molecular formula is C18H14F3NO2. The molecular weight excluding hydrogens is 319 g/mol. The lowest BCUT2D eigenvalue weighted by molar-refractivity contribution is -0.137. The predicted molar refractivity (Wildman–Crippen MR) is 83.7 cm³/mol. The number of methoxy groups -OCH3 is 1. The molecule has 0 radical (unpaired) electrons. The van der Waals surface area contributed by atoms with Crippen molar-refractivity contribution in [1.29, 1.82) is 0 Å². The van der Waals surface area contributed by atoms with Crippen LogP contribution in [-0.4, -0.2) is 12.3 Å². The lowest BCUT2D eigenvalue weighted by Gasteiger charge is -2.07. The van der Waals surface area contributed by atoms with Gasteiger partial charge in [-0.15, -0.1) is 0 Å². The number of aromatic nitrogens is 1. The Morgan fingerprint density at radius 1 is 1.00 bits per heavy atom. The first-order chi connectivity index (χ1) is 11.4. The van der Waals surface area contributed by atoms with E-state index in [1.54, 1.807) is 25.3 Å². The average molecular weight is 333 g/mol. The van der Waals surface area contributed by atoms with E-state index in [2.05, 4.69) is 5.16 Å². The lowest BCUT2D eigenvalue weighted by atomic mass is 10.1. The Bertz CT molecular complexity index is 869. The van der Waals surface area contributed by atoms with E-state index >= 15 is 0 Å². The molecule has 1 aromatic heterocycles. The summed E-state index contributed by atoms with van der Waals surface area (Å²) >= 11 is 0. The summed E-state index contributed by atoms with van der Waals surface area (Å²) < 4.78 is 48.9. The number of aryl methyl sites for hydroxylation is 1. The van der Waals surface area contributed by atoms with E-state index in [1.807, 2.05) is 19.1 Å². The fourth-order valence-electron chi connectivity index (χ4n) is 2.43. The Morgan fingerprint density at radius 2 is 1.79 bits per heavy atom. The van der Waals surface area contributed by atoms with Gasteiger partial charge in [-0.3, -0.25) is 0 Å². The number of nitrogens with zero attached hydrogens (tertiary/aromatic N) is 1. The predicted octanol–water partition coefficient (Wildman–Crippen LogP) is 5.34. The Balaban J connectivity index is 1.95. The van der Waals surface area contributed by atoms with Gasteiger partial charge in [-0.05, 0) is 42.8 Å². The van der Waals surface area contributed by atoms with E-state index in [0.717, 1.165) is 29.0 Å². The highest BCUT2D eigenvalue weighted by molar-refractivity contribution is 5.68. The molecule has 6 heteroatoms. The molecule has 3 nitrogen and oxygen atoms in total. The quantitative estimate of drug-likeness (QED) is 0.648. The minimum atomic E-state index is -4.39. The molecule has 0 atom stereocenters. The minimum absolute atomic E-state index is 0.351. The first-order valence-corrected chi connectivity index (χ1v) is 7.18. The largest absolute Gasteiger partial charge is 0.496 e. The third-order valence-electron chi connectivity index (χ3n) is 3.68. The molecule has 3 aromatic rings. The van der Waals surface area contributed by atoms with Crippen LogP contribution in [0.4, 0.5) is 13.2 Å². The zero-order valence-corrected chi connectivity index (χ0v) is 13.0. The summed E-state index contributed by atoms with van der Waals surface area (Å²) in [4.78, 5) is 0. The van der Waals surface area contributed by atoms with Gasteiger partial charge in [-0.2, -0.15) is 13.2 Å². The Labute approximate surface area is 136 Å². The molecule has 0 saturated heterocycles. The number of hydrogen-bond acceptors (Lipinski definition) is 3. The van der Waals surface area contributed by atoms with Crippen LogP contribution in [0.5, 0.6) is 5.75 Å². The number of halogens is 3. The highest BCUT2D eigenvalue weighted by Crippen LogP contribution is 2.33. The molecule has 0 unspecified atom stereocenters. The maximum atomic E-state index is 12.8. The van der Waals surface area contributed by atoms with E-state index in [1.165, 1.54) is 6.07 Å². The van der Waals surface area contributed by atoms with E-state index in [-0.39, 0.29) is 0 Å². The van der Waals surface area contributed by atoms with Gasteiger partial charge in [-0.1, -0.05) is 17.3 Å². The fourth-order valence-corrected chi connectivity index (χ4v) is 2.43. The van der Waals surface area contributed by atoms with Crippen LogP contribution in [0.15, 0.2) is 53.1 Å². The highest BCUT2D eigenvalue weighted by atomic mass is 19.4. The summed E-state index contributed by atoms with van der Waals surface area (Å²) in [5.41, 5.74) is 1.69. The van der Waals surface area contributed by atoms with Gasteiger partial charge in [0.05, 0.1) is 12.7 Å². The van der Waals surface area contributed by atoms with Gasteiger partial charge in [0.15, 0.2) is 5.76 Å². The molecule has 2 aromatic carbocycles. The summed E-state index contributed by atoms with van der Waals surface area (Å²) in [6, 6.07) is 12.1. The molecule has 24 heavy (non-hydrogen) atoms. The summed E-state index contributed by atoms with van der Waals surface area (Å²) in [5, 5.41) is 3.88. The Kier molecular flexibility index (Phi) is 4.05. The third-order valence-corrected chi connectivity index (χ3v) is 3.68. The van der Waals surface area contributed by atoms with Crippen LogP contribution in [0, 0.1) is 6.92 Å². The van der Waals surface area contributed by atoms with Crippen LogP contribution in [0.3, 0.4) is 0 Å². The summed E-state index contributed by atoms with van der Waals surface area (Å²) in [7, 11) is 1.59. The topological polar surface area (TPSA) is 35.3 Å². The molecule has 124 valence electrons. The molecule has 0 aliphatic heterocycles. The molecule has 0 spiro atoms. The molecule has 0 amide bonds. The number of alkyl halides is 3. The van der Waals surface area contributed by atoms with Crippen LogP contribution < -0.4 is 4.74 Å². The maximum Gasteiger partial charge on any atom is 0.416 e. The van der Waals surface area contributed by atoms with Crippen LogP contribution in [0.1, 0.15) is 11.1 Å². The van der Waals surface area contributed by atoms with Crippen molar-refractivity contribution >= 4 is 0 Å². The summed E-state index contributed by atoms with van der Waals surface area (Å²) in [6.45, 7) is 1.90. The number of ether oxygens (including phenoxy) is 1. The van der Waals surface area contributed by atoms with Gasteiger partial charge in [0.2, 0.25) is 0 Å². The smallest absolute Gasteiger partial charge is 0.416 e. The molecule has 3 rings (SSSR count). The lowest BCUT2D eigenvalue weighted by Crippen LogP contribution is -2.04. The second kappa shape index (κ2) is 6.03. The van der Waals surface area contributed by atoms with Crippen molar-refractivity contribution < 1.29 is 22.4 Å². The van der Waals surface area contributed by atoms with Crippen LogP contribution >= 0.6 is 0 Å². The van der Waals surface area contributed by atoms with Crippen molar-refractivity contribution in [1.82, 2.24) is 5.16 Å². The van der Waals surface area contributed by atoms with E-state index in [0.29, 0.717) is 17.0 Å². The molecule has 0 N–H and O–H groups in total. The second-order valence-electron chi connectivity index (χ2n) is 5.34. The van der Waals surface area contributed by atoms with Crippen molar-refractivity contribution in [2.75, 3.05) is 7.11 Å². The average Bonchev–Trinajstić information content (AvgIpc) is 3.04. The maximum absolute atomic E-state index is 12.8.